The largest absolute Gasteiger partial charge is 0.325 e. The number of rotatable bonds is 3. The standard InChI is InChI=1S/C16H13BrClN3/c1-11-10-21(13-5-3-2-4-6-13)16(19-11)20-12-7-8-14(17)15(18)9-12/h2-10H,1H3,(H,19,20). The zero-order valence-corrected chi connectivity index (χ0v) is 13.7. The van der Waals surface area contributed by atoms with Crippen LogP contribution in [0.15, 0.2) is 59.2 Å². The molecule has 3 rings (SSSR count). The summed E-state index contributed by atoms with van der Waals surface area (Å²) in [6, 6.07) is 15.8. The number of imidazole rings is 1. The maximum Gasteiger partial charge on any atom is 0.212 e. The lowest BCUT2D eigenvalue weighted by molar-refractivity contribution is 1.06. The molecule has 0 amide bonds. The van der Waals surface area contributed by atoms with Crippen LogP contribution in [0.5, 0.6) is 0 Å². The van der Waals surface area contributed by atoms with E-state index in [4.69, 9.17) is 11.6 Å². The minimum atomic E-state index is 0.662. The first-order chi connectivity index (χ1) is 10.1. The number of aryl methyl sites for hydroxylation is 1. The molecule has 0 bridgehead atoms. The van der Waals surface area contributed by atoms with Crippen molar-refractivity contribution in [2.24, 2.45) is 0 Å². The van der Waals surface area contributed by atoms with Crippen LogP contribution in [0.25, 0.3) is 5.69 Å². The summed E-state index contributed by atoms with van der Waals surface area (Å²) in [5.74, 6) is 0.761. The molecule has 1 heterocycles. The van der Waals surface area contributed by atoms with Gasteiger partial charge in [0.1, 0.15) is 0 Å². The van der Waals surface area contributed by atoms with Crippen molar-refractivity contribution in [3.05, 3.63) is 69.9 Å². The lowest BCUT2D eigenvalue weighted by atomic mass is 10.3. The van der Waals surface area contributed by atoms with E-state index in [9.17, 15) is 0 Å². The second-order valence-corrected chi connectivity index (χ2v) is 5.93. The smallest absolute Gasteiger partial charge is 0.212 e. The van der Waals surface area contributed by atoms with Gasteiger partial charge in [0, 0.05) is 22.0 Å². The molecule has 0 aliphatic carbocycles. The van der Waals surface area contributed by atoms with Crippen LogP contribution in [0.4, 0.5) is 11.6 Å². The number of aromatic nitrogens is 2. The number of benzene rings is 2. The average Bonchev–Trinajstić information content (AvgIpc) is 2.85. The van der Waals surface area contributed by atoms with Crippen LogP contribution in [0.3, 0.4) is 0 Å². The molecule has 2 aromatic carbocycles. The Hall–Kier alpha value is -1.78. The molecule has 0 radical (unpaired) electrons. The van der Waals surface area contributed by atoms with Gasteiger partial charge in [0.25, 0.3) is 0 Å². The van der Waals surface area contributed by atoms with Crippen molar-refractivity contribution in [3.8, 4) is 5.69 Å². The molecule has 106 valence electrons. The SMILES string of the molecule is Cc1cn(-c2ccccc2)c(Nc2ccc(Br)c(Cl)c2)n1. The molecule has 0 unspecified atom stereocenters. The van der Waals surface area contributed by atoms with E-state index in [1.54, 1.807) is 0 Å². The molecule has 1 aromatic heterocycles. The maximum atomic E-state index is 6.13. The summed E-state index contributed by atoms with van der Waals surface area (Å²) < 4.78 is 2.89. The molecule has 21 heavy (non-hydrogen) atoms. The number of para-hydroxylation sites is 1. The second-order valence-electron chi connectivity index (χ2n) is 4.67. The molecule has 0 fully saturated rings. The monoisotopic (exact) mass is 361 g/mol. The van der Waals surface area contributed by atoms with Gasteiger partial charge in [-0.25, -0.2) is 4.98 Å². The predicted octanol–water partition coefficient (Wildman–Crippen LogP) is 5.34. The molecule has 0 spiro atoms. The molecular weight excluding hydrogens is 350 g/mol. The summed E-state index contributed by atoms with van der Waals surface area (Å²) in [6.45, 7) is 1.97. The van der Waals surface area contributed by atoms with Gasteiger partial charge in [0.15, 0.2) is 0 Å². The zero-order valence-electron chi connectivity index (χ0n) is 11.3. The maximum absolute atomic E-state index is 6.13. The number of anilines is 2. The average molecular weight is 363 g/mol. The molecule has 5 heteroatoms. The van der Waals surface area contributed by atoms with Crippen LogP contribution in [-0.2, 0) is 0 Å². The quantitative estimate of drug-likeness (QED) is 0.681. The highest BCUT2D eigenvalue weighted by atomic mass is 79.9. The Labute approximate surface area is 136 Å². The first-order valence-electron chi connectivity index (χ1n) is 6.47. The van der Waals surface area contributed by atoms with E-state index in [0.29, 0.717) is 5.02 Å². The molecule has 0 aliphatic rings. The van der Waals surface area contributed by atoms with E-state index in [-0.39, 0.29) is 0 Å². The molecule has 0 saturated heterocycles. The Morgan fingerprint density at radius 3 is 2.62 bits per heavy atom. The Kier molecular flexibility index (Phi) is 3.99. The van der Waals surface area contributed by atoms with Crippen molar-refractivity contribution in [2.75, 3.05) is 5.32 Å². The highest BCUT2D eigenvalue weighted by Crippen LogP contribution is 2.28. The van der Waals surface area contributed by atoms with E-state index in [0.717, 1.165) is 27.5 Å². The summed E-state index contributed by atoms with van der Waals surface area (Å²) in [4.78, 5) is 4.53. The van der Waals surface area contributed by atoms with Crippen LogP contribution in [-0.4, -0.2) is 9.55 Å². The number of nitrogens with one attached hydrogen (secondary N) is 1. The van der Waals surface area contributed by atoms with Gasteiger partial charge in [-0.05, 0) is 53.2 Å². The highest BCUT2D eigenvalue weighted by Gasteiger charge is 2.08. The van der Waals surface area contributed by atoms with Gasteiger partial charge in [-0.1, -0.05) is 29.8 Å². The normalized spacial score (nSPS) is 10.6. The van der Waals surface area contributed by atoms with Gasteiger partial charge in [-0.2, -0.15) is 0 Å². The third-order valence-corrected chi connectivity index (χ3v) is 4.27. The summed E-state index contributed by atoms with van der Waals surface area (Å²) in [6.07, 6.45) is 2.00. The summed E-state index contributed by atoms with van der Waals surface area (Å²) in [5.41, 5.74) is 2.90. The van der Waals surface area contributed by atoms with Crippen LogP contribution in [0, 0.1) is 6.92 Å². The Morgan fingerprint density at radius 2 is 1.90 bits per heavy atom. The van der Waals surface area contributed by atoms with Gasteiger partial charge in [-0.15, -0.1) is 0 Å². The number of hydrogen-bond donors (Lipinski definition) is 1. The number of nitrogens with zero attached hydrogens (tertiary/aromatic N) is 2. The fourth-order valence-corrected chi connectivity index (χ4v) is 2.50. The van der Waals surface area contributed by atoms with Gasteiger partial charge in [0.05, 0.1) is 10.7 Å². The highest BCUT2D eigenvalue weighted by molar-refractivity contribution is 9.10. The lowest BCUT2D eigenvalue weighted by Gasteiger charge is -2.10. The van der Waals surface area contributed by atoms with Crippen molar-refractivity contribution >= 4 is 39.2 Å². The Morgan fingerprint density at radius 1 is 1.14 bits per heavy atom. The second kappa shape index (κ2) is 5.92. The van der Waals surface area contributed by atoms with Crippen molar-refractivity contribution in [1.82, 2.24) is 9.55 Å². The Balaban J connectivity index is 1.97. The van der Waals surface area contributed by atoms with Crippen LogP contribution in [0.2, 0.25) is 5.02 Å². The van der Waals surface area contributed by atoms with Crippen LogP contribution < -0.4 is 5.32 Å². The molecule has 1 N–H and O–H groups in total. The minimum Gasteiger partial charge on any atom is -0.325 e. The van der Waals surface area contributed by atoms with E-state index in [1.165, 1.54) is 0 Å². The third kappa shape index (κ3) is 3.12. The van der Waals surface area contributed by atoms with Gasteiger partial charge < -0.3 is 5.32 Å². The fourth-order valence-electron chi connectivity index (χ4n) is 2.07. The predicted molar refractivity (Wildman–Crippen MR) is 90.7 cm³/mol. The van der Waals surface area contributed by atoms with Crippen molar-refractivity contribution < 1.29 is 0 Å². The summed E-state index contributed by atoms with van der Waals surface area (Å²) in [7, 11) is 0. The summed E-state index contributed by atoms with van der Waals surface area (Å²) >= 11 is 9.52. The first-order valence-corrected chi connectivity index (χ1v) is 7.64. The van der Waals surface area contributed by atoms with E-state index in [1.807, 2.05) is 66.2 Å². The molecular formula is C16H13BrClN3. The number of hydrogen-bond acceptors (Lipinski definition) is 2. The molecule has 0 aliphatic heterocycles. The van der Waals surface area contributed by atoms with E-state index in [2.05, 4.69) is 26.2 Å². The topological polar surface area (TPSA) is 29.9 Å². The van der Waals surface area contributed by atoms with Gasteiger partial charge >= 0.3 is 0 Å². The molecule has 0 atom stereocenters. The summed E-state index contributed by atoms with van der Waals surface area (Å²) in [5, 5.41) is 3.97. The van der Waals surface area contributed by atoms with Crippen molar-refractivity contribution in [1.29, 1.82) is 0 Å². The molecule has 3 aromatic rings. The molecule has 3 nitrogen and oxygen atoms in total. The zero-order chi connectivity index (χ0) is 14.8. The van der Waals surface area contributed by atoms with E-state index >= 15 is 0 Å². The van der Waals surface area contributed by atoms with Crippen molar-refractivity contribution in [2.45, 2.75) is 6.92 Å². The van der Waals surface area contributed by atoms with Crippen LogP contribution >= 0.6 is 27.5 Å². The van der Waals surface area contributed by atoms with Crippen LogP contribution in [0.1, 0.15) is 5.69 Å². The van der Waals surface area contributed by atoms with Gasteiger partial charge in [-0.3, -0.25) is 4.57 Å². The van der Waals surface area contributed by atoms with Crippen molar-refractivity contribution in [3.63, 3.8) is 0 Å². The first kappa shape index (κ1) is 14.2. The van der Waals surface area contributed by atoms with E-state index < -0.39 is 0 Å². The molecule has 0 saturated carbocycles. The third-order valence-electron chi connectivity index (χ3n) is 3.04. The van der Waals surface area contributed by atoms with Gasteiger partial charge in [0.2, 0.25) is 5.95 Å². The Bertz CT molecular complexity index is 768. The lowest BCUT2D eigenvalue weighted by Crippen LogP contribution is -2.00. The minimum absolute atomic E-state index is 0.662. The fraction of sp³-hybridized carbons (Fsp3) is 0.0625. The number of halogens is 2.